The molecule has 1 aromatic heterocycles. The van der Waals surface area contributed by atoms with Gasteiger partial charge in [-0.15, -0.1) is 11.3 Å². The van der Waals surface area contributed by atoms with Gasteiger partial charge in [0, 0.05) is 22.9 Å². The standard InChI is InChI=1S/C18H24N2S/c1-13-8-9-18(19,10-14(13)2)11-17-20-16(12-21-17)15-6-4-3-5-7-15/h3-7,12-14H,8-11,19H2,1-2H3. The molecule has 2 nitrogen and oxygen atoms in total. The molecular weight excluding hydrogens is 276 g/mol. The maximum Gasteiger partial charge on any atom is 0.0950 e. The Kier molecular flexibility index (Phi) is 4.14. The highest BCUT2D eigenvalue weighted by Gasteiger charge is 2.35. The minimum atomic E-state index is -0.0578. The molecule has 0 aliphatic heterocycles. The number of rotatable bonds is 3. The summed E-state index contributed by atoms with van der Waals surface area (Å²) >= 11 is 1.75. The molecule has 1 aliphatic carbocycles. The van der Waals surface area contributed by atoms with E-state index in [4.69, 9.17) is 10.7 Å². The zero-order valence-corrected chi connectivity index (χ0v) is 13.7. The van der Waals surface area contributed by atoms with Crippen LogP contribution in [0.3, 0.4) is 0 Å². The van der Waals surface area contributed by atoms with E-state index in [2.05, 4.69) is 43.5 Å². The lowest BCUT2D eigenvalue weighted by molar-refractivity contribution is 0.175. The van der Waals surface area contributed by atoms with Crippen molar-refractivity contribution < 1.29 is 0 Å². The van der Waals surface area contributed by atoms with Crippen molar-refractivity contribution in [3.63, 3.8) is 0 Å². The molecule has 3 atom stereocenters. The molecule has 2 aromatic rings. The first kappa shape index (κ1) is 14.7. The van der Waals surface area contributed by atoms with Crippen LogP contribution in [0, 0.1) is 11.8 Å². The average molecular weight is 300 g/mol. The lowest BCUT2D eigenvalue weighted by Gasteiger charge is -2.39. The molecule has 0 radical (unpaired) electrons. The van der Waals surface area contributed by atoms with Crippen LogP contribution in [-0.4, -0.2) is 10.5 Å². The summed E-state index contributed by atoms with van der Waals surface area (Å²) in [6.07, 6.45) is 4.41. The molecule has 2 N–H and O–H groups in total. The smallest absolute Gasteiger partial charge is 0.0950 e. The molecule has 0 amide bonds. The Hall–Kier alpha value is -1.19. The fourth-order valence-corrected chi connectivity index (χ4v) is 4.30. The molecule has 0 bridgehead atoms. The highest BCUT2D eigenvalue weighted by Crippen LogP contribution is 2.37. The van der Waals surface area contributed by atoms with Crippen molar-refractivity contribution in [2.24, 2.45) is 17.6 Å². The molecule has 0 spiro atoms. The second-order valence-electron chi connectivity index (χ2n) is 6.73. The van der Waals surface area contributed by atoms with Gasteiger partial charge in [0.1, 0.15) is 0 Å². The Balaban J connectivity index is 1.73. The van der Waals surface area contributed by atoms with Gasteiger partial charge < -0.3 is 5.73 Å². The normalized spacial score (nSPS) is 29.5. The van der Waals surface area contributed by atoms with Gasteiger partial charge in [0.05, 0.1) is 10.7 Å². The number of aromatic nitrogens is 1. The fraction of sp³-hybridized carbons (Fsp3) is 0.500. The Morgan fingerprint density at radius 1 is 1.24 bits per heavy atom. The highest BCUT2D eigenvalue weighted by molar-refractivity contribution is 7.09. The number of hydrogen-bond acceptors (Lipinski definition) is 3. The summed E-state index contributed by atoms with van der Waals surface area (Å²) < 4.78 is 0. The topological polar surface area (TPSA) is 38.9 Å². The van der Waals surface area contributed by atoms with Gasteiger partial charge in [0.2, 0.25) is 0 Å². The Morgan fingerprint density at radius 2 is 2.00 bits per heavy atom. The Labute approximate surface area is 131 Å². The van der Waals surface area contributed by atoms with Crippen molar-refractivity contribution in [1.82, 2.24) is 4.98 Å². The zero-order chi connectivity index (χ0) is 14.9. The molecule has 3 heteroatoms. The van der Waals surface area contributed by atoms with Crippen molar-refractivity contribution in [2.75, 3.05) is 0 Å². The maximum absolute atomic E-state index is 6.66. The molecular formula is C18H24N2S. The van der Waals surface area contributed by atoms with E-state index in [1.54, 1.807) is 11.3 Å². The van der Waals surface area contributed by atoms with E-state index in [-0.39, 0.29) is 5.54 Å². The van der Waals surface area contributed by atoms with Crippen LogP contribution >= 0.6 is 11.3 Å². The predicted molar refractivity (Wildman–Crippen MR) is 90.4 cm³/mol. The Morgan fingerprint density at radius 3 is 2.71 bits per heavy atom. The summed E-state index contributed by atoms with van der Waals surface area (Å²) in [4.78, 5) is 4.80. The molecule has 112 valence electrons. The largest absolute Gasteiger partial charge is 0.325 e. The van der Waals surface area contributed by atoms with Crippen LogP contribution in [0.2, 0.25) is 0 Å². The summed E-state index contributed by atoms with van der Waals surface area (Å²) in [5.74, 6) is 1.52. The second-order valence-corrected chi connectivity index (χ2v) is 7.67. The van der Waals surface area contributed by atoms with Crippen LogP contribution in [0.5, 0.6) is 0 Å². The van der Waals surface area contributed by atoms with Crippen LogP contribution in [0.1, 0.15) is 38.1 Å². The summed E-state index contributed by atoms with van der Waals surface area (Å²) in [6.45, 7) is 4.68. The third-order valence-corrected chi connectivity index (χ3v) is 5.77. The molecule has 21 heavy (non-hydrogen) atoms. The van der Waals surface area contributed by atoms with Gasteiger partial charge in [-0.3, -0.25) is 0 Å². The average Bonchev–Trinajstić information content (AvgIpc) is 2.92. The maximum atomic E-state index is 6.66. The quantitative estimate of drug-likeness (QED) is 0.906. The van der Waals surface area contributed by atoms with Gasteiger partial charge in [0.15, 0.2) is 0 Å². The van der Waals surface area contributed by atoms with Crippen LogP contribution < -0.4 is 5.73 Å². The van der Waals surface area contributed by atoms with Crippen molar-refractivity contribution >= 4 is 11.3 Å². The monoisotopic (exact) mass is 300 g/mol. The lowest BCUT2D eigenvalue weighted by atomic mass is 9.70. The van der Waals surface area contributed by atoms with Crippen LogP contribution in [0.15, 0.2) is 35.7 Å². The third-order valence-electron chi connectivity index (χ3n) is 4.92. The number of nitrogens with two attached hydrogens (primary N) is 1. The van der Waals surface area contributed by atoms with Gasteiger partial charge >= 0.3 is 0 Å². The van der Waals surface area contributed by atoms with Gasteiger partial charge in [0.25, 0.3) is 0 Å². The molecule has 1 heterocycles. The van der Waals surface area contributed by atoms with E-state index < -0.39 is 0 Å². The third kappa shape index (κ3) is 3.35. The van der Waals surface area contributed by atoms with E-state index in [1.807, 2.05) is 6.07 Å². The van der Waals surface area contributed by atoms with Crippen molar-refractivity contribution in [1.29, 1.82) is 0 Å². The molecule has 1 aromatic carbocycles. The molecule has 1 fully saturated rings. The molecule has 0 saturated heterocycles. The summed E-state index contributed by atoms with van der Waals surface area (Å²) in [7, 11) is 0. The second kappa shape index (κ2) is 5.90. The number of benzene rings is 1. The van der Waals surface area contributed by atoms with Gasteiger partial charge in [-0.1, -0.05) is 44.2 Å². The SMILES string of the molecule is CC1CCC(N)(Cc2nc(-c3ccccc3)cs2)CC1C. The number of nitrogens with zero attached hydrogens (tertiary/aromatic N) is 1. The minimum absolute atomic E-state index is 0.0578. The van der Waals surface area contributed by atoms with E-state index in [9.17, 15) is 0 Å². The first-order valence-electron chi connectivity index (χ1n) is 7.84. The van der Waals surface area contributed by atoms with E-state index in [0.29, 0.717) is 0 Å². The van der Waals surface area contributed by atoms with Crippen LogP contribution in [0.4, 0.5) is 0 Å². The van der Waals surface area contributed by atoms with Crippen molar-refractivity contribution in [2.45, 2.75) is 45.1 Å². The first-order chi connectivity index (χ1) is 10.1. The van der Waals surface area contributed by atoms with E-state index >= 15 is 0 Å². The van der Waals surface area contributed by atoms with Gasteiger partial charge in [-0.25, -0.2) is 4.98 Å². The summed E-state index contributed by atoms with van der Waals surface area (Å²) in [5, 5.41) is 3.33. The van der Waals surface area contributed by atoms with Crippen molar-refractivity contribution in [3.05, 3.63) is 40.7 Å². The summed E-state index contributed by atoms with van der Waals surface area (Å²) in [5.41, 5.74) is 8.87. The van der Waals surface area contributed by atoms with Crippen LogP contribution in [-0.2, 0) is 6.42 Å². The lowest BCUT2D eigenvalue weighted by Crippen LogP contribution is -2.47. The first-order valence-corrected chi connectivity index (χ1v) is 8.72. The van der Waals surface area contributed by atoms with Gasteiger partial charge in [-0.2, -0.15) is 0 Å². The van der Waals surface area contributed by atoms with E-state index in [0.717, 1.165) is 36.8 Å². The zero-order valence-electron chi connectivity index (χ0n) is 12.9. The van der Waals surface area contributed by atoms with Gasteiger partial charge in [-0.05, 0) is 31.1 Å². The van der Waals surface area contributed by atoms with E-state index in [1.165, 1.54) is 17.0 Å². The highest BCUT2D eigenvalue weighted by atomic mass is 32.1. The molecule has 1 aliphatic rings. The minimum Gasteiger partial charge on any atom is -0.325 e. The number of hydrogen-bond donors (Lipinski definition) is 1. The molecule has 1 saturated carbocycles. The van der Waals surface area contributed by atoms with Crippen LogP contribution in [0.25, 0.3) is 11.3 Å². The molecule has 3 rings (SSSR count). The predicted octanol–water partition coefficient (Wildman–Crippen LogP) is 4.51. The number of thiazole rings is 1. The van der Waals surface area contributed by atoms with Crippen molar-refractivity contribution in [3.8, 4) is 11.3 Å². The Bertz CT molecular complexity index is 592. The summed E-state index contributed by atoms with van der Waals surface area (Å²) in [6, 6.07) is 10.4. The molecule has 3 unspecified atom stereocenters. The fourth-order valence-electron chi connectivity index (χ4n) is 3.34.